The van der Waals surface area contributed by atoms with Gasteiger partial charge in [0.1, 0.15) is 0 Å². The van der Waals surface area contributed by atoms with Crippen LogP contribution in [-0.4, -0.2) is 13.1 Å². The second-order valence-electron chi connectivity index (χ2n) is 5.98. The van der Waals surface area contributed by atoms with Gasteiger partial charge in [-0.25, -0.2) is 0 Å². The zero-order valence-electron chi connectivity index (χ0n) is 12.2. The lowest BCUT2D eigenvalue weighted by atomic mass is 9.78. The Balaban J connectivity index is 1.89. The van der Waals surface area contributed by atoms with E-state index in [1.54, 1.807) is 4.88 Å². The minimum Gasteiger partial charge on any atom is -0.317 e. The first-order chi connectivity index (χ1) is 9.15. The van der Waals surface area contributed by atoms with Crippen LogP contribution in [-0.2, 0) is 6.42 Å². The van der Waals surface area contributed by atoms with Crippen LogP contribution in [0.25, 0.3) is 0 Å². The summed E-state index contributed by atoms with van der Waals surface area (Å²) in [6.07, 6.45) is 9.80. The number of thiophene rings is 1. The Kier molecular flexibility index (Phi) is 5.91. The number of rotatable bonds is 7. The van der Waals surface area contributed by atoms with Crippen molar-refractivity contribution in [3.63, 3.8) is 0 Å². The monoisotopic (exact) mass is 343 g/mol. The highest BCUT2D eigenvalue weighted by molar-refractivity contribution is 9.11. The average Bonchev–Trinajstić information content (AvgIpc) is 2.97. The van der Waals surface area contributed by atoms with Crippen LogP contribution in [0.3, 0.4) is 0 Å². The van der Waals surface area contributed by atoms with E-state index < -0.39 is 0 Å². The van der Waals surface area contributed by atoms with Gasteiger partial charge in [-0.05, 0) is 85.1 Å². The minimum absolute atomic E-state index is 0.631. The maximum Gasteiger partial charge on any atom is 0.0730 e. The third-order valence-electron chi connectivity index (χ3n) is 4.56. The van der Waals surface area contributed by atoms with E-state index in [0.717, 1.165) is 6.54 Å². The highest BCUT2D eigenvalue weighted by Gasteiger charge is 2.32. The molecule has 108 valence electrons. The van der Waals surface area contributed by atoms with Crippen molar-refractivity contribution in [2.45, 2.75) is 58.8 Å². The second-order valence-corrected chi connectivity index (χ2v) is 8.43. The molecule has 1 fully saturated rings. The van der Waals surface area contributed by atoms with Gasteiger partial charge in [-0.2, -0.15) is 0 Å². The third-order valence-corrected chi connectivity index (χ3v) is 6.75. The summed E-state index contributed by atoms with van der Waals surface area (Å²) in [7, 11) is 0. The predicted octanol–water partition coefficient (Wildman–Crippen LogP) is 5.31. The van der Waals surface area contributed by atoms with Gasteiger partial charge in [0.2, 0.25) is 0 Å². The van der Waals surface area contributed by atoms with E-state index in [9.17, 15) is 0 Å². The van der Waals surface area contributed by atoms with Crippen molar-refractivity contribution in [2.24, 2.45) is 5.41 Å². The lowest BCUT2D eigenvalue weighted by Gasteiger charge is -2.29. The second kappa shape index (κ2) is 7.24. The van der Waals surface area contributed by atoms with Crippen molar-refractivity contribution < 1.29 is 0 Å². The Labute approximate surface area is 130 Å². The summed E-state index contributed by atoms with van der Waals surface area (Å²) >= 11 is 5.57. The van der Waals surface area contributed by atoms with E-state index in [0.29, 0.717) is 5.41 Å². The molecule has 3 heteroatoms. The van der Waals surface area contributed by atoms with Gasteiger partial charge >= 0.3 is 0 Å². The molecule has 0 saturated heterocycles. The van der Waals surface area contributed by atoms with Gasteiger partial charge in [0.25, 0.3) is 0 Å². The topological polar surface area (TPSA) is 12.0 Å². The van der Waals surface area contributed by atoms with Crippen molar-refractivity contribution in [1.29, 1.82) is 0 Å². The molecule has 0 spiro atoms. The summed E-state index contributed by atoms with van der Waals surface area (Å²) in [6, 6.07) is 2.36. The Morgan fingerprint density at radius 1 is 1.32 bits per heavy atom. The van der Waals surface area contributed by atoms with E-state index in [4.69, 9.17) is 0 Å². The molecule has 0 atom stereocenters. The molecule has 1 aliphatic rings. The zero-order chi connectivity index (χ0) is 13.7. The molecule has 0 aromatic carbocycles. The average molecular weight is 344 g/mol. The fourth-order valence-corrected chi connectivity index (χ4v) is 4.94. The van der Waals surface area contributed by atoms with Crippen molar-refractivity contribution >= 4 is 27.3 Å². The van der Waals surface area contributed by atoms with Gasteiger partial charge in [-0.3, -0.25) is 0 Å². The van der Waals surface area contributed by atoms with Gasteiger partial charge in [-0.15, -0.1) is 11.3 Å². The summed E-state index contributed by atoms with van der Waals surface area (Å²) in [4.78, 5) is 1.55. The van der Waals surface area contributed by atoms with E-state index in [-0.39, 0.29) is 0 Å². The molecule has 1 aliphatic carbocycles. The fourth-order valence-electron chi connectivity index (χ4n) is 3.32. The highest BCUT2D eigenvalue weighted by atomic mass is 79.9. The molecule has 1 nitrogen and oxygen atoms in total. The quantitative estimate of drug-likeness (QED) is 0.661. The van der Waals surface area contributed by atoms with E-state index >= 15 is 0 Å². The van der Waals surface area contributed by atoms with Crippen LogP contribution < -0.4 is 5.32 Å². The molecular weight excluding hydrogens is 318 g/mol. The van der Waals surface area contributed by atoms with Crippen molar-refractivity contribution in [3.05, 3.63) is 20.3 Å². The summed E-state index contributed by atoms with van der Waals surface area (Å²) < 4.78 is 1.32. The standard InChI is InChI=1S/C16H26BrNS/c1-3-18-11-10-16(7-4-5-8-16)9-6-14-12-13(2)15(17)19-14/h12,18H,3-11H2,1-2H3. The van der Waals surface area contributed by atoms with Gasteiger partial charge in [0.05, 0.1) is 3.79 Å². The van der Waals surface area contributed by atoms with Crippen LogP contribution >= 0.6 is 27.3 Å². The van der Waals surface area contributed by atoms with Crippen LogP contribution in [0.1, 0.15) is 55.9 Å². The van der Waals surface area contributed by atoms with Crippen LogP contribution in [0, 0.1) is 12.3 Å². The smallest absolute Gasteiger partial charge is 0.0730 e. The maximum absolute atomic E-state index is 3.64. The van der Waals surface area contributed by atoms with Crippen LogP contribution in [0.2, 0.25) is 0 Å². The minimum atomic E-state index is 0.631. The predicted molar refractivity (Wildman–Crippen MR) is 89.1 cm³/mol. The van der Waals surface area contributed by atoms with E-state index in [2.05, 4.69) is 41.2 Å². The van der Waals surface area contributed by atoms with Crippen molar-refractivity contribution in [1.82, 2.24) is 5.32 Å². The zero-order valence-corrected chi connectivity index (χ0v) is 14.6. The Bertz CT molecular complexity index is 374. The number of nitrogens with one attached hydrogen (secondary N) is 1. The molecule has 1 aromatic heterocycles. The molecule has 1 heterocycles. The van der Waals surface area contributed by atoms with Crippen molar-refractivity contribution in [2.75, 3.05) is 13.1 Å². The van der Waals surface area contributed by atoms with Gasteiger partial charge in [-0.1, -0.05) is 19.8 Å². The Morgan fingerprint density at radius 3 is 2.63 bits per heavy atom. The summed E-state index contributed by atoms with van der Waals surface area (Å²) in [5, 5.41) is 3.51. The number of aryl methyl sites for hydroxylation is 2. The normalized spacial score (nSPS) is 18.1. The Hall–Kier alpha value is 0.140. The first-order valence-electron chi connectivity index (χ1n) is 7.61. The molecule has 0 bridgehead atoms. The van der Waals surface area contributed by atoms with Crippen LogP contribution in [0.4, 0.5) is 0 Å². The van der Waals surface area contributed by atoms with E-state index in [1.807, 2.05) is 11.3 Å². The molecule has 0 radical (unpaired) electrons. The molecule has 19 heavy (non-hydrogen) atoms. The number of hydrogen-bond donors (Lipinski definition) is 1. The molecule has 2 rings (SSSR count). The van der Waals surface area contributed by atoms with Gasteiger partial charge in [0.15, 0.2) is 0 Å². The molecule has 1 saturated carbocycles. The van der Waals surface area contributed by atoms with Crippen molar-refractivity contribution in [3.8, 4) is 0 Å². The number of hydrogen-bond acceptors (Lipinski definition) is 2. The molecule has 0 amide bonds. The summed E-state index contributed by atoms with van der Waals surface area (Å²) in [5.74, 6) is 0. The lowest BCUT2D eigenvalue weighted by Crippen LogP contribution is -2.25. The summed E-state index contributed by atoms with van der Waals surface area (Å²) in [5.41, 5.74) is 2.03. The van der Waals surface area contributed by atoms with Crippen LogP contribution in [0.5, 0.6) is 0 Å². The maximum atomic E-state index is 3.64. The molecule has 0 aliphatic heterocycles. The molecule has 1 N–H and O–H groups in total. The molecule has 1 aromatic rings. The SMILES string of the molecule is CCNCCC1(CCc2cc(C)c(Br)s2)CCCC1. The summed E-state index contributed by atoms with van der Waals surface area (Å²) in [6.45, 7) is 6.70. The lowest BCUT2D eigenvalue weighted by molar-refractivity contribution is 0.246. The first-order valence-corrected chi connectivity index (χ1v) is 9.22. The Morgan fingerprint density at radius 2 is 2.05 bits per heavy atom. The van der Waals surface area contributed by atoms with Crippen LogP contribution in [0.15, 0.2) is 9.85 Å². The third kappa shape index (κ3) is 4.30. The van der Waals surface area contributed by atoms with Gasteiger partial charge < -0.3 is 5.32 Å². The van der Waals surface area contributed by atoms with E-state index in [1.165, 1.54) is 60.8 Å². The largest absolute Gasteiger partial charge is 0.317 e. The number of halogens is 1. The highest BCUT2D eigenvalue weighted by Crippen LogP contribution is 2.45. The first kappa shape index (κ1) is 15.5. The van der Waals surface area contributed by atoms with Gasteiger partial charge in [0, 0.05) is 4.88 Å². The molecule has 0 unspecified atom stereocenters. The fraction of sp³-hybridized carbons (Fsp3) is 0.750. The molecular formula is C16H26BrNS.